The van der Waals surface area contributed by atoms with Gasteiger partial charge in [-0.1, -0.05) is 5.16 Å². The summed E-state index contributed by atoms with van der Waals surface area (Å²) in [5, 5.41) is 10.9. The Morgan fingerprint density at radius 1 is 1.11 bits per heavy atom. The normalized spacial score (nSPS) is 19.6. The zero-order chi connectivity index (χ0) is 28.5. The Morgan fingerprint density at radius 3 is 2.26 bits per heavy atom. The lowest BCUT2D eigenvalue weighted by molar-refractivity contribution is -0.192. The number of nitrogens with zero attached hydrogens (tertiary/aromatic N) is 4. The third kappa shape index (κ3) is 6.51. The van der Waals surface area contributed by atoms with Crippen molar-refractivity contribution in [3.05, 3.63) is 53.9 Å². The molecule has 0 aliphatic carbocycles. The van der Waals surface area contributed by atoms with E-state index in [0.717, 1.165) is 18.5 Å². The van der Waals surface area contributed by atoms with E-state index in [2.05, 4.69) is 20.1 Å². The number of alkyl halides is 6. The topological polar surface area (TPSA) is 137 Å². The molecule has 0 fully saturated rings. The highest BCUT2D eigenvalue weighted by atomic mass is 19.4. The summed E-state index contributed by atoms with van der Waals surface area (Å²) < 4.78 is 110. The fraction of sp³-hybridized carbons (Fsp3) is 0.286. The second kappa shape index (κ2) is 10.2. The van der Waals surface area contributed by atoms with Crippen molar-refractivity contribution < 1.29 is 54.3 Å². The van der Waals surface area contributed by atoms with Crippen LogP contribution in [-0.4, -0.2) is 50.6 Å². The Labute approximate surface area is 206 Å². The molecule has 1 aromatic carbocycles. The molecule has 1 aliphatic rings. The van der Waals surface area contributed by atoms with Crippen molar-refractivity contribution in [3.63, 3.8) is 0 Å². The van der Waals surface area contributed by atoms with Crippen molar-refractivity contribution >= 4 is 12.0 Å². The van der Waals surface area contributed by atoms with E-state index in [4.69, 9.17) is 24.9 Å². The predicted molar refractivity (Wildman–Crippen MR) is 111 cm³/mol. The first-order chi connectivity index (χ1) is 17.5. The molecule has 0 saturated heterocycles. The molecule has 38 heavy (non-hydrogen) atoms. The van der Waals surface area contributed by atoms with Gasteiger partial charge in [0.1, 0.15) is 11.4 Å². The van der Waals surface area contributed by atoms with E-state index >= 15 is 0 Å². The molecule has 4 rings (SSSR count). The number of benzene rings is 1. The minimum absolute atomic E-state index is 0.0957. The first-order valence-corrected chi connectivity index (χ1v) is 10.1. The number of hydrogen-bond donors (Lipinski definition) is 2. The van der Waals surface area contributed by atoms with E-state index in [-0.39, 0.29) is 22.8 Å². The molecule has 3 aromatic rings. The lowest BCUT2D eigenvalue weighted by Crippen LogP contribution is -2.46. The average Bonchev–Trinajstić information content (AvgIpc) is 3.28. The number of aliphatic carboxylic acids is 1. The monoisotopic (exact) mass is 553 g/mol. The molecule has 9 nitrogen and oxygen atoms in total. The van der Waals surface area contributed by atoms with Gasteiger partial charge in [-0.15, -0.1) is 0 Å². The standard InChI is InChI=1S/C19H14F5N5O2.C2HF3O2/c1-18(6-15(19(22,23)24)28-17(25)30-18)11-4-9(2-3-12(11)21)14-5-13(29-31-14)16-26-7-10(20)8-27-16;3-2(4,5)1(6)7/h2-5,7-8,15H,6H2,1H3,(H2,25,28);(H,6,7)/t15-,18-;/m0./s1. The minimum Gasteiger partial charge on any atom is -0.475 e. The van der Waals surface area contributed by atoms with Crippen LogP contribution in [0.4, 0.5) is 35.1 Å². The molecule has 2 aromatic heterocycles. The zero-order valence-electron chi connectivity index (χ0n) is 18.8. The number of rotatable bonds is 3. The molecule has 0 unspecified atom stereocenters. The molecule has 2 atom stereocenters. The average molecular weight is 553 g/mol. The SMILES string of the molecule is C[C@@]1(c2cc(-c3cc(-c4ncc(F)cn4)no3)ccc2F)C[C@@H](C(F)(F)F)N=C(N)O1.O=C(O)C(F)(F)F. The molecule has 1 aliphatic heterocycles. The fourth-order valence-electron chi connectivity index (χ4n) is 3.27. The van der Waals surface area contributed by atoms with Gasteiger partial charge in [-0.25, -0.2) is 28.5 Å². The van der Waals surface area contributed by atoms with Gasteiger partial charge in [0.05, 0.1) is 12.4 Å². The molecule has 3 N–H and O–H groups in total. The maximum absolute atomic E-state index is 14.6. The Balaban J connectivity index is 0.000000505. The maximum Gasteiger partial charge on any atom is 0.490 e. The van der Waals surface area contributed by atoms with E-state index in [1.54, 1.807) is 0 Å². The van der Waals surface area contributed by atoms with Crippen molar-refractivity contribution in [2.75, 3.05) is 0 Å². The van der Waals surface area contributed by atoms with E-state index in [0.29, 0.717) is 5.56 Å². The number of ether oxygens (including phenoxy) is 1. The van der Waals surface area contributed by atoms with Crippen molar-refractivity contribution in [1.29, 1.82) is 0 Å². The van der Waals surface area contributed by atoms with Gasteiger partial charge < -0.3 is 20.1 Å². The molecule has 0 saturated carbocycles. The fourth-order valence-corrected chi connectivity index (χ4v) is 3.27. The van der Waals surface area contributed by atoms with Crippen molar-refractivity contribution in [3.8, 4) is 22.8 Å². The molecule has 3 heterocycles. The Bertz CT molecular complexity index is 1340. The first-order valence-electron chi connectivity index (χ1n) is 10.1. The van der Waals surface area contributed by atoms with Crippen LogP contribution in [0.2, 0.25) is 0 Å². The molecule has 0 radical (unpaired) electrons. The van der Waals surface area contributed by atoms with Gasteiger partial charge >= 0.3 is 18.3 Å². The van der Waals surface area contributed by atoms with E-state index in [1.165, 1.54) is 25.1 Å². The van der Waals surface area contributed by atoms with Crippen LogP contribution in [0.3, 0.4) is 0 Å². The first kappa shape index (κ1) is 28.3. The van der Waals surface area contributed by atoms with Gasteiger partial charge in [-0.2, -0.15) is 26.3 Å². The van der Waals surface area contributed by atoms with Gasteiger partial charge in [-0.05, 0) is 25.1 Å². The quantitative estimate of drug-likeness (QED) is 0.450. The lowest BCUT2D eigenvalue weighted by Gasteiger charge is -2.37. The molecule has 0 bridgehead atoms. The summed E-state index contributed by atoms with van der Waals surface area (Å²) >= 11 is 0. The number of carbonyl (C=O) groups is 1. The largest absolute Gasteiger partial charge is 0.490 e. The Kier molecular flexibility index (Phi) is 7.60. The van der Waals surface area contributed by atoms with Gasteiger partial charge in [-0.3, -0.25) is 0 Å². The summed E-state index contributed by atoms with van der Waals surface area (Å²) in [5.74, 6) is -3.91. The number of carboxylic acid groups (broad SMARTS) is 1. The van der Waals surface area contributed by atoms with Gasteiger partial charge in [0.25, 0.3) is 6.02 Å². The molecule has 0 spiro atoms. The van der Waals surface area contributed by atoms with E-state index in [9.17, 15) is 35.1 Å². The van der Waals surface area contributed by atoms with Crippen LogP contribution in [0.5, 0.6) is 0 Å². The summed E-state index contributed by atoms with van der Waals surface area (Å²) in [6, 6.07) is 2.33. The third-order valence-corrected chi connectivity index (χ3v) is 5.00. The minimum atomic E-state index is -5.08. The second-order valence-corrected chi connectivity index (χ2v) is 7.86. The molecule has 0 amide bonds. The molecule has 204 valence electrons. The number of aromatic nitrogens is 3. The number of aliphatic imine (C=N–C) groups is 1. The van der Waals surface area contributed by atoms with Gasteiger partial charge in [0, 0.05) is 23.6 Å². The maximum atomic E-state index is 14.6. The Hall–Kier alpha value is -4.31. The highest BCUT2D eigenvalue weighted by Gasteiger charge is 2.49. The van der Waals surface area contributed by atoms with Crippen LogP contribution in [0, 0.1) is 11.6 Å². The zero-order valence-corrected chi connectivity index (χ0v) is 18.8. The van der Waals surface area contributed by atoms with Crippen molar-refractivity contribution in [2.24, 2.45) is 10.7 Å². The summed E-state index contributed by atoms with van der Waals surface area (Å²) in [7, 11) is 0. The van der Waals surface area contributed by atoms with Crippen LogP contribution >= 0.6 is 0 Å². The van der Waals surface area contributed by atoms with Crippen molar-refractivity contribution in [1.82, 2.24) is 15.1 Å². The lowest BCUT2D eigenvalue weighted by atomic mass is 9.86. The summed E-state index contributed by atoms with van der Waals surface area (Å²) in [5.41, 5.74) is 4.06. The van der Waals surface area contributed by atoms with Crippen LogP contribution in [0.25, 0.3) is 22.8 Å². The highest BCUT2D eigenvalue weighted by Crippen LogP contribution is 2.41. The van der Waals surface area contributed by atoms with Gasteiger partial charge in [0.15, 0.2) is 29.1 Å². The summed E-state index contributed by atoms with van der Waals surface area (Å²) in [4.78, 5) is 19.8. The predicted octanol–water partition coefficient (Wildman–Crippen LogP) is 4.59. The highest BCUT2D eigenvalue weighted by molar-refractivity contribution is 5.74. The summed E-state index contributed by atoms with van der Waals surface area (Å²) in [6.45, 7) is 1.30. The van der Waals surface area contributed by atoms with Crippen molar-refractivity contribution in [2.45, 2.75) is 37.3 Å². The van der Waals surface area contributed by atoms with Crippen LogP contribution in [0.1, 0.15) is 18.9 Å². The Morgan fingerprint density at radius 2 is 1.71 bits per heavy atom. The third-order valence-electron chi connectivity index (χ3n) is 5.00. The number of nitrogens with two attached hydrogens (primary N) is 1. The molecular formula is C21H15F8N5O4. The van der Waals surface area contributed by atoms with E-state index < -0.39 is 54.0 Å². The molecule has 17 heteroatoms. The number of hydrogen-bond acceptors (Lipinski definition) is 8. The van der Waals surface area contributed by atoms with Crippen LogP contribution in [-0.2, 0) is 15.1 Å². The van der Waals surface area contributed by atoms with Gasteiger partial charge in [0.2, 0.25) is 0 Å². The second-order valence-electron chi connectivity index (χ2n) is 7.86. The van der Waals surface area contributed by atoms with Crippen LogP contribution in [0.15, 0.2) is 46.2 Å². The molecular weight excluding hydrogens is 538 g/mol. The summed E-state index contributed by atoms with van der Waals surface area (Å²) in [6.07, 6.45) is -8.50. The number of halogens is 8. The number of carboxylic acids is 1. The van der Waals surface area contributed by atoms with E-state index in [1.807, 2.05) is 0 Å². The number of amidine groups is 1. The smallest absolute Gasteiger partial charge is 0.475 e. The van der Waals surface area contributed by atoms with Crippen LogP contribution < -0.4 is 5.73 Å².